The van der Waals surface area contributed by atoms with E-state index in [0.717, 1.165) is 12.2 Å². The summed E-state index contributed by atoms with van der Waals surface area (Å²) in [7, 11) is 1.36. The molecular formula is C16H26N2O3. The molecule has 0 saturated heterocycles. The first-order valence-corrected chi connectivity index (χ1v) is 7.36. The number of ether oxygens (including phenoxy) is 1. The number of ketones is 1. The zero-order valence-electron chi connectivity index (χ0n) is 13.9. The number of methoxy groups -OCH3 is 1. The fourth-order valence-electron chi connectivity index (χ4n) is 2.62. The monoisotopic (exact) mass is 294 g/mol. The van der Waals surface area contributed by atoms with Crippen molar-refractivity contribution in [3.8, 4) is 0 Å². The summed E-state index contributed by atoms with van der Waals surface area (Å²) in [6.45, 7) is 11.5. The Hall–Kier alpha value is -1.62. The van der Waals surface area contributed by atoms with Crippen molar-refractivity contribution in [2.75, 3.05) is 20.2 Å². The average molecular weight is 294 g/mol. The summed E-state index contributed by atoms with van der Waals surface area (Å²) in [4.78, 5) is 24.4. The second-order valence-electron chi connectivity index (χ2n) is 5.62. The van der Waals surface area contributed by atoms with Crippen molar-refractivity contribution in [1.82, 2.24) is 9.88 Å². The second-order valence-corrected chi connectivity index (χ2v) is 5.62. The number of nitrogens with zero attached hydrogens (tertiary/aromatic N) is 1. The molecule has 0 aliphatic heterocycles. The van der Waals surface area contributed by atoms with Gasteiger partial charge in [-0.2, -0.15) is 0 Å². The molecule has 0 aliphatic rings. The number of hydrogen-bond acceptors (Lipinski definition) is 4. The van der Waals surface area contributed by atoms with Crippen LogP contribution in [0.25, 0.3) is 0 Å². The molecular weight excluding hydrogens is 268 g/mol. The summed E-state index contributed by atoms with van der Waals surface area (Å²) in [5.74, 6) is 0.112. The van der Waals surface area contributed by atoms with Crippen molar-refractivity contribution in [2.24, 2.45) is 5.92 Å². The van der Waals surface area contributed by atoms with Gasteiger partial charge in [0, 0.05) is 17.8 Å². The molecule has 1 aromatic rings. The van der Waals surface area contributed by atoms with Crippen molar-refractivity contribution in [3.05, 3.63) is 22.5 Å². The highest BCUT2D eigenvalue weighted by Crippen LogP contribution is 2.23. The zero-order chi connectivity index (χ0) is 16.2. The van der Waals surface area contributed by atoms with Crippen LogP contribution in [0.3, 0.4) is 0 Å². The molecule has 0 bridgehead atoms. The summed E-state index contributed by atoms with van der Waals surface area (Å²) < 4.78 is 6.68. The molecule has 0 atom stereocenters. The largest absolute Gasteiger partial charge is 0.464 e. The van der Waals surface area contributed by atoms with E-state index in [1.807, 2.05) is 18.4 Å². The molecule has 1 heterocycles. The maximum absolute atomic E-state index is 12.4. The summed E-state index contributed by atoms with van der Waals surface area (Å²) in [5.41, 5.74) is 2.64. The van der Waals surface area contributed by atoms with Crippen LogP contribution in [0.4, 0.5) is 0 Å². The third kappa shape index (κ3) is 3.73. The number of Topliss-reactive ketones (excluding diaryl/α,β-unsaturated/α-hetero) is 1. The van der Waals surface area contributed by atoms with Crippen molar-refractivity contribution >= 4 is 11.8 Å². The van der Waals surface area contributed by atoms with Gasteiger partial charge in [-0.25, -0.2) is 4.79 Å². The summed E-state index contributed by atoms with van der Waals surface area (Å²) >= 11 is 0. The van der Waals surface area contributed by atoms with Gasteiger partial charge in [-0.1, -0.05) is 13.8 Å². The minimum atomic E-state index is -0.397. The van der Waals surface area contributed by atoms with E-state index in [1.54, 1.807) is 6.92 Å². The van der Waals surface area contributed by atoms with Gasteiger partial charge in [-0.3, -0.25) is 4.79 Å². The first-order chi connectivity index (χ1) is 9.84. The van der Waals surface area contributed by atoms with Gasteiger partial charge in [0.2, 0.25) is 0 Å². The molecule has 5 heteroatoms. The molecule has 1 N–H and O–H groups in total. The average Bonchev–Trinajstić information content (AvgIpc) is 2.68. The maximum Gasteiger partial charge on any atom is 0.354 e. The Labute approximate surface area is 126 Å². The molecule has 0 spiro atoms. The number of rotatable bonds is 7. The van der Waals surface area contributed by atoms with Crippen LogP contribution >= 0.6 is 0 Å². The van der Waals surface area contributed by atoms with Gasteiger partial charge in [0.05, 0.1) is 13.7 Å². The zero-order valence-corrected chi connectivity index (χ0v) is 13.9. The topological polar surface area (TPSA) is 60.3 Å². The highest BCUT2D eigenvalue weighted by Gasteiger charge is 2.25. The Morgan fingerprint density at radius 3 is 2.38 bits per heavy atom. The van der Waals surface area contributed by atoms with Gasteiger partial charge in [-0.05, 0) is 38.8 Å². The number of nitrogens with one attached hydrogen (secondary N) is 1. The van der Waals surface area contributed by atoms with E-state index in [-0.39, 0.29) is 12.3 Å². The number of hydrogen-bond donors (Lipinski definition) is 1. The van der Waals surface area contributed by atoms with Crippen molar-refractivity contribution in [2.45, 2.75) is 41.2 Å². The van der Waals surface area contributed by atoms with Gasteiger partial charge >= 0.3 is 5.97 Å². The summed E-state index contributed by atoms with van der Waals surface area (Å²) in [6.07, 6.45) is 0. The third-order valence-corrected chi connectivity index (χ3v) is 3.58. The Morgan fingerprint density at radius 1 is 1.29 bits per heavy atom. The summed E-state index contributed by atoms with van der Waals surface area (Å²) in [5, 5.41) is 3.15. The molecule has 0 radical (unpaired) electrons. The molecule has 0 aromatic carbocycles. The maximum atomic E-state index is 12.4. The van der Waals surface area contributed by atoms with E-state index in [0.29, 0.717) is 29.3 Å². The Kier molecular flexibility index (Phi) is 6.15. The van der Waals surface area contributed by atoms with Gasteiger partial charge in [0.25, 0.3) is 0 Å². The summed E-state index contributed by atoms with van der Waals surface area (Å²) in [6, 6.07) is 0. The highest BCUT2D eigenvalue weighted by atomic mass is 16.5. The van der Waals surface area contributed by atoms with E-state index < -0.39 is 5.97 Å². The van der Waals surface area contributed by atoms with Crippen LogP contribution in [0.5, 0.6) is 0 Å². The Morgan fingerprint density at radius 2 is 1.90 bits per heavy atom. The lowest BCUT2D eigenvalue weighted by atomic mass is 10.1. The molecule has 21 heavy (non-hydrogen) atoms. The van der Waals surface area contributed by atoms with Gasteiger partial charge < -0.3 is 14.6 Å². The van der Waals surface area contributed by atoms with Gasteiger partial charge in [-0.15, -0.1) is 0 Å². The fraction of sp³-hybridized carbons (Fsp3) is 0.625. The van der Waals surface area contributed by atoms with Crippen molar-refractivity contribution < 1.29 is 14.3 Å². The molecule has 0 saturated carbocycles. The number of carbonyl (C=O) groups is 2. The van der Waals surface area contributed by atoms with Crippen LogP contribution in [0.2, 0.25) is 0 Å². The fourth-order valence-corrected chi connectivity index (χ4v) is 2.62. The quantitative estimate of drug-likeness (QED) is 0.619. The smallest absolute Gasteiger partial charge is 0.354 e. The lowest BCUT2D eigenvalue weighted by Crippen LogP contribution is -2.27. The Balaban J connectivity index is 3.10. The molecule has 0 aliphatic carbocycles. The standard InChI is InChI=1S/C16H26N2O3/c1-7-18-12(5)14(11(4)15(18)16(20)21-6)13(19)9-17-8-10(2)3/h10,17H,7-9H2,1-6H3. The SMILES string of the molecule is CCn1c(C)c(C(=O)CNCC(C)C)c(C)c1C(=O)OC. The first-order valence-electron chi connectivity index (χ1n) is 7.36. The van der Waals surface area contributed by atoms with Crippen LogP contribution < -0.4 is 5.32 Å². The van der Waals surface area contributed by atoms with Crippen LogP contribution in [-0.2, 0) is 11.3 Å². The van der Waals surface area contributed by atoms with Crippen LogP contribution in [-0.4, -0.2) is 36.5 Å². The number of esters is 1. The Bertz CT molecular complexity index is 530. The molecule has 0 unspecified atom stereocenters. The first kappa shape index (κ1) is 17.4. The van der Waals surface area contributed by atoms with E-state index in [4.69, 9.17) is 4.74 Å². The molecule has 118 valence electrons. The lowest BCUT2D eigenvalue weighted by Gasteiger charge is -2.08. The molecule has 0 amide bonds. The van der Waals surface area contributed by atoms with Crippen LogP contribution in [0.15, 0.2) is 0 Å². The minimum Gasteiger partial charge on any atom is -0.464 e. The van der Waals surface area contributed by atoms with Crippen molar-refractivity contribution in [3.63, 3.8) is 0 Å². The predicted octanol–water partition coefficient (Wildman–Crippen LogP) is 2.34. The molecule has 1 rings (SSSR count). The number of carbonyl (C=O) groups excluding carboxylic acids is 2. The van der Waals surface area contributed by atoms with Crippen molar-refractivity contribution in [1.29, 1.82) is 0 Å². The van der Waals surface area contributed by atoms with Gasteiger partial charge in [0.15, 0.2) is 5.78 Å². The van der Waals surface area contributed by atoms with E-state index in [1.165, 1.54) is 7.11 Å². The predicted molar refractivity (Wildman–Crippen MR) is 83.0 cm³/mol. The normalized spacial score (nSPS) is 11.0. The van der Waals surface area contributed by atoms with Crippen LogP contribution in [0.1, 0.15) is 52.9 Å². The van der Waals surface area contributed by atoms with Crippen LogP contribution in [0, 0.1) is 19.8 Å². The molecule has 1 aromatic heterocycles. The molecule has 5 nitrogen and oxygen atoms in total. The minimum absolute atomic E-state index is 0.0167. The van der Waals surface area contributed by atoms with Gasteiger partial charge in [0.1, 0.15) is 5.69 Å². The highest BCUT2D eigenvalue weighted by molar-refractivity contribution is 6.03. The second kappa shape index (κ2) is 7.41. The van der Waals surface area contributed by atoms with E-state index in [2.05, 4.69) is 19.2 Å². The number of aromatic nitrogens is 1. The third-order valence-electron chi connectivity index (χ3n) is 3.58. The van der Waals surface area contributed by atoms with E-state index in [9.17, 15) is 9.59 Å². The van der Waals surface area contributed by atoms with E-state index >= 15 is 0 Å². The lowest BCUT2D eigenvalue weighted by molar-refractivity contribution is 0.0587. The molecule has 0 fully saturated rings.